The van der Waals surface area contributed by atoms with Gasteiger partial charge in [-0.1, -0.05) is 6.07 Å². The van der Waals surface area contributed by atoms with E-state index < -0.39 is 5.60 Å². The number of morpholine rings is 1. The normalized spacial score (nSPS) is 25.2. The molecule has 5 rings (SSSR count). The highest BCUT2D eigenvalue weighted by molar-refractivity contribution is 7.08. The Bertz CT molecular complexity index is 946. The van der Waals surface area contributed by atoms with Gasteiger partial charge in [0, 0.05) is 51.0 Å². The van der Waals surface area contributed by atoms with Crippen molar-refractivity contribution in [1.82, 2.24) is 14.8 Å². The van der Waals surface area contributed by atoms with Crippen LogP contribution >= 0.6 is 22.7 Å². The average Bonchev–Trinajstić information content (AvgIpc) is 3.49. The number of pyridine rings is 1. The second-order valence-electron chi connectivity index (χ2n) is 7.74. The van der Waals surface area contributed by atoms with Crippen LogP contribution < -0.4 is 0 Å². The summed E-state index contributed by atoms with van der Waals surface area (Å²) in [6.07, 6.45) is 3.66. The van der Waals surface area contributed by atoms with Crippen LogP contribution in [0, 0.1) is 0 Å². The molecule has 1 amide bonds. The Morgan fingerprint density at radius 2 is 1.93 bits per heavy atom. The van der Waals surface area contributed by atoms with Crippen LogP contribution in [0.2, 0.25) is 0 Å². The molecule has 0 unspecified atom stereocenters. The van der Waals surface area contributed by atoms with Crippen molar-refractivity contribution in [3.8, 4) is 0 Å². The van der Waals surface area contributed by atoms with E-state index in [0.717, 1.165) is 18.7 Å². The zero-order chi connectivity index (χ0) is 19.7. The van der Waals surface area contributed by atoms with Crippen LogP contribution in [0.1, 0.15) is 22.6 Å². The number of aromatic nitrogens is 1. The number of nitrogens with zero attached hydrogens (tertiary/aromatic N) is 3. The van der Waals surface area contributed by atoms with Gasteiger partial charge in [-0.05, 0) is 56.4 Å². The van der Waals surface area contributed by atoms with Crippen molar-refractivity contribution in [2.24, 2.45) is 0 Å². The summed E-state index contributed by atoms with van der Waals surface area (Å²) in [6.45, 7) is 4.10. The monoisotopic (exact) mass is 425 g/mol. The molecule has 7 heteroatoms. The van der Waals surface area contributed by atoms with Crippen molar-refractivity contribution >= 4 is 28.6 Å². The molecule has 0 N–H and O–H groups in total. The summed E-state index contributed by atoms with van der Waals surface area (Å²) in [5.41, 5.74) is 2.71. The number of rotatable bonds is 5. The van der Waals surface area contributed by atoms with Crippen molar-refractivity contribution in [3.05, 3.63) is 74.9 Å². The maximum Gasteiger partial charge on any atom is 0.257 e. The van der Waals surface area contributed by atoms with E-state index in [-0.39, 0.29) is 11.8 Å². The lowest BCUT2D eigenvalue weighted by Gasteiger charge is -2.42. The molecule has 0 aromatic carbocycles. The van der Waals surface area contributed by atoms with Gasteiger partial charge in [-0.3, -0.25) is 14.7 Å². The van der Waals surface area contributed by atoms with Crippen LogP contribution in [0.3, 0.4) is 0 Å². The van der Waals surface area contributed by atoms with Crippen LogP contribution in [-0.2, 0) is 22.6 Å². The number of ether oxygens (including phenoxy) is 1. The van der Waals surface area contributed by atoms with Crippen molar-refractivity contribution < 1.29 is 9.53 Å². The van der Waals surface area contributed by atoms with Crippen LogP contribution in [-0.4, -0.2) is 52.5 Å². The highest BCUT2D eigenvalue weighted by Crippen LogP contribution is 2.42. The first-order valence-corrected chi connectivity index (χ1v) is 11.7. The lowest BCUT2D eigenvalue weighted by Crippen LogP contribution is -2.59. The van der Waals surface area contributed by atoms with E-state index in [1.807, 2.05) is 17.2 Å². The van der Waals surface area contributed by atoms with E-state index in [1.54, 1.807) is 28.9 Å². The molecule has 150 valence electrons. The smallest absolute Gasteiger partial charge is 0.257 e. The fraction of sp³-hybridized carbons (Fsp3) is 0.364. The third-order valence-corrected chi connectivity index (χ3v) is 7.32. The molecule has 0 saturated carbocycles. The molecule has 2 fully saturated rings. The van der Waals surface area contributed by atoms with Gasteiger partial charge in [0.1, 0.15) is 0 Å². The van der Waals surface area contributed by atoms with E-state index >= 15 is 0 Å². The summed E-state index contributed by atoms with van der Waals surface area (Å²) in [6, 6.07) is 8.26. The third-order valence-electron chi connectivity index (χ3n) is 5.86. The van der Waals surface area contributed by atoms with E-state index in [4.69, 9.17) is 4.74 Å². The molecule has 0 aliphatic carbocycles. The van der Waals surface area contributed by atoms with Gasteiger partial charge in [-0.15, -0.1) is 0 Å². The van der Waals surface area contributed by atoms with Gasteiger partial charge in [-0.25, -0.2) is 0 Å². The Morgan fingerprint density at radius 3 is 2.62 bits per heavy atom. The number of amides is 1. The largest absolute Gasteiger partial charge is 0.361 e. The van der Waals surface area contributed by atoms with E-state index in [0.29, 0.717) is 26.2 Å². The first kappa shape index (κ1) is 18.9. The maximum atomic E-state index is 13.8. The van der Waals surface area contributed by atoms with Crippen LogP contribution in [0.5, 0.6) is 0 Å². The Morgan fingerprint density at radius 1 is 1.14 bits per heavy atom. The number of hydrogen-bond donors (Lipinski definition) is 0. The average molecular weight is 426 g/mol. The number of thiophene rings is 2. The summed E-state index contributed by atoms with van der Waals surface area (Å²) in [4.78, 5) is 22.4. The number of carbonyl (C=O) groups is 1. The predicted molar refractivity (Wildman–Crippen MR) is 115 cm³/mol. The molecule has 0 radical (unpaired) electrons. The molecule has 1 spiro atoms. The van der Waals surface area contributed by atoms with Crippen LogP contribution in [0.25, 0.3) is 0 Å². The van der Waals surface area contributed by atoms with E-state index in [1.165, 1.54) is 11.1 Å². The lowest BCUT2D eigenvalue weighted by atomic mass is 9.83. The number of hydrogen-bond acceptors (Lipinski definition) is 6. The van der Waals surface area contributed by atoms with Gasteiger partial charge in [0.15, 0.2) is 5.60 Å². The van der Waals surface area contributed by atoms with E-state index in [9.17, 15) is 4.79 Å². The minimum Gasteiger partial charge on any atom is -0.361 e. The van der Waals surface area contributed by atoms with Gasteiger partial charge in [0.05, 0.1) is 6.61 Å². The first-order valence-electron chi connectivity index (χ1n) is 9.82. The Labute approximate surface area is 178 Å². The molecular formula is C22H23N3O2S2. The molecule has 29 heavy (non-hydrogen) atoms. The highest BCUT2D eigenvalue weighted by Gasteiger charge is 2.56. The number of carbonyl (C=O) groups excluding carboxylic acids is 1. The molecule has 2 saturated heterocycles. The molecule has 2 aliphatic rings. The number of likely N-dealkylation sites (tertiary alicyclic amines) is 1. The van der Waals surface area contributed by atoms with Gasteiger partial charge in [0.2, 0.25) is 0 Å². The topological polar surface area (TPSA) is 45.7 Å². The standard InChI is InChI=1S/C22H23N3O2S2/c26-21-22(27-7-6-25(21)12-18-4-9-29-15-18)16-24(11-17-3-8-28-14-17)13-20(22)19-2-1-5-23-10-19/h1-5,8-10,14-15,20H,6-7,11-13,16H2/t20-,22+/m1/s1. The first-order chi connectivity index (χ1) is 14.2. The Balaban J connectivity index is 1.45. The minimum absolute atomic E-state index is 0.0207. The second-order valence-corrected chi connectivity index (χ2v) is 9.30. The highest BCUT2D eigenvalue weighted by atomic mass is 32.1. The Hall–Kier alpha value is -2.06. The molecule has 5 heterocycles. The zero-order valence-corrected chi connectivity index (χ0v) is 17.7. The lowest BCUT2D eigenvalue weighted by molar-refractivity contribution is -0.173. The van der Waals surface area contributed by atoms with Crippen LogP contribution in [0.15, 0.2) is 58.2 Å². The van der Waals surface area contributed by atoms with Gasteiger partial charge in [-0.2, -0.15) is 22.7 Å². The van der Waals surface area contributed by atoms with Crippen molar-refractivity contribution in [1.29, 1.82) is 0 Å². The Kier molecular flexibility index (Phi) is 5.22. The molecule has 0 bridgehead atoms. The summed E-state index contributed by atoms with van der Waals surface area (Å²) in [7, 11) is 0. The van der Waals surface area contributed by atoms with E-state index in [2.05, 4.69) is 49.6 Å². The summed E-state index contributed by atoms with van der Waals surface area (Å²) in [5, 5.41) is 8.46. The maximum absolute atomic E-state index is 13.8. The minimum atomic E-state index is -0.840. The fourth-order valence-corrected chi connectivity index (χ4v) is 5.84. The predicted octanol–water partition coefficient (Wildman–Crippen LogP) is 3.60. The van der Waals surface area contributed by atoms with Crippen molar-refractivity contribution in [2.75, 3.05) is 26.2 Å². The summed E-state index contributed by atoms with van der Waals surface area (Å²) >= 11 is 3.38. The van der Waals surface area contributed by atoms with Crippen molar-refractivity contribution in [3.63, 3.8) is 0 Å². The molecule has 2 atom stereocenters. The zero-order valence-electron chi connectivity index (χ0n) is 16.1. The summed E-state index contributed by atoms with van der Waals surface area (Å²) < 4.78 is 6.35. The molecule has 5 nitrogen and oxygen atoms in total. The molecule has 2 aliphatic heterocycles. The van der Waals surface area contributed by atoms with Crippen molar-refractivity contribution in [2.45, 2.75) is 24.6 Å². The third kappa shape index (κ3) is 3.64. The second kappa shape index (κ2) is 7.99. The SMILES string of the molecule is O=C1N(Cc2ccsc2)CCO[C@]12CN(Cc1ccsc1)C[C@@H]2c1cccnc1. The van der Waals surface area contributed by atoms with Gasteiger partial charge in [0.25, 0.3) is 5.91 Å². The fourth-order valence-electron chi connectivity index (χ4n) is 4.52. The molecule has 3 aromatic rings. The van der Waals surface area contributed by atoms with Gasteiger partial charge >= 0.3 is 0 Å². The van der Waals surface area contributed by atoms with Gasteiger partial charge < -0.3 is 9.64 Å². The van der Waals surface area contributed by atoms with Crippen LogP contribution in [0.4, 0.5) is 0 Å². The molecular weight excluding hydrogens is 402 g/mol. The summed E-state index contributed by atoms with van der Waals surface area (Å²) in [5.74, 6) is 0.0873. The molecule has 3 aromatic heterocycles. The quantitative estimate of drug-likeness (QED) is 0.627.